The zero-order chi connectivity index (χ0) is 15.0. The van der Waals surface area contributed by atoms with Crippen LogP contribution < -0.4 is 4.90 Å². The molecule has 0 N–H and O–H groups in total. The highest BCUT2D eigenvalue weighted by Gasteiger charge is 2.38. The third-order valence-corrected chi connectivity index (χ3v) is 4.44. The molecule has 0 saturated carbocycles. The van der Waals surface area contributed by atoms with Gasteiger partial charge in [0.1, 0.15) is 6.04 Å². The molecule has 0 aromatic heterocycles. The van der Waals surface area contributed by atoms with Crippen molar-refractivity contribution in [1.29, 1.82) is 0 Å². The highest BCUT2D eigenvalue weighted by atomic mass is 35.5. The topological polar surface area (TPSA) is 40.6 Å². The van der Waals surface area contributed by atoms with Gasteiger partial charge in [-0.1, -0.05) is 17.7 Å². The van der Waals surface area contributed by atoms with Crippen LogP contribution in [0.3, 0.4) is 0 Å². The van der Waals surface area contributed by atoms with E-state index in [2.05, 4.69) is 0 Å². The number of piperidine rings is 1. The molecule has 2 heterocycles. The van der Waals surface area contributed by atoms with Crippen molar-refractivity contribution in [3.8, 4) is 0 Å². The Morgan fingerprint density at radius 2 is 2.00 bits per heavy atom. The summed E-state index contributed by atoms with van der Waals surface area (Å²) in [6.45, 7) is 0.809. The molecule has 1 aromatic carbocycles. The zero-order valence-electron chi connectivity index (χ0n) is 11.5. The molecular formula is C15H16ClFN2O2. The number of amides is 2. The molecule has 21 heavy (non-hydrogen) atoms. The summed E-state index contributed by atoms with van der Waals surface area (Å²) < 4.78 is 14.2. The molecule has 0 bridgehead atoms. The molecule has 2 fully saturated rings. The number of hydrogen-bond donors (Lipinski definition) is 0. The van der Waals surface area contributed by atoms with E-state index in [4.69, 9.17) is 11.6 Å². The normalized spacial score (nSPS) is 23.0. The van der Waals surface area contributed by atoms with Gasteiger partial charge in [0, 0.05) is 19.5 Å². The standard InChI is InChI=1S/C15H16ClFN2O2/c16-10-4-3-6-11(14(10)17)19-9-7-13(20)18-8-2-1-5-12(18)15(19)21/h3-4,6,12H,1-2,5,7-9H2. The summed E-state index contributed by atoms with van der Waals surface area (Å²) in [4.78, 5) is 27.9. The van der Waals surface area contributed by atoms with Gasteiger partial charge in [-0.25, -0.2) is 4.39 Å². The predicted molar refractivity (Wildman–Crippen MR) is 77.7 cm³/mol. The first kappa shape index (κ1) is 14.3. The molecule has 2 aliphatic rings. The van der Waals surface area contributed by atoms with E-state index in [1.165, 1.54) is 17.0 Å². The average Bonchev–Trinajstić information content (AvgIpc) is 2.62. The van der Waals surface area contributed by atoms with E-state index in [1.807, 2.05) is 0 Å². The van der Waals surface area contributed by atoms with Crippen LogP contribution in [0.5, 0.6) is 0 Å². The average molecular weight is 311 g/mol. The Kier molecular flexibility index (Phi) is 3.85. The minimum atomic E-state index is -0.607. The van der Waals surface area contributed by atoms with Crippen LogP contribution in [-0.4, -0.2) is 35.8 Å². The molecule has 0 spiro atoms. The maximum absolute atomic E-state index is 14.2. The van der Waals surface area contributed by atoms with Crippen LogP contribution in [0.25, 0.3) is 0 Å². The minimum Gasteiger partial charge on any atom is -0.331 e. The Hall–Kier alpha value is -1.62. The van der Waals surface area contributed by atoms with Crippen LogP contribution >= 0.6 is 11.6 Å². The Labute approximate surface area is 127 Å². The smallest absolute Gasteiger partial charge is 0.249 e. The number of halogens is 2. The van der Waals surface area contributed by atoms with E-state index in [-0.39, 0.29) is 35.5 Å². The quantitative estimate of drug-likeness (QED) is 0.800. The van der Waals surface area contributed by atoms with E-state index in [0.29, 0.717) is 13.0 Å². The summed E-state index contributed by atoms with van der Waals surface area (Å²) in [6.07, 6.45) is 2.69. The van der Waals surface area contributed by atoms with Gasteiger partial charge in [0.15, 0.2) is 5.82 Å². The molecule has 1 atom stereocenters. The van der Waals surface area contributed by atoms with Crippen LogP contribution in [-0.2, 0) is 9.59 Å². The Morgan fingerprint density at radius 3 is 2.81 bits per heavy atom. The molecule has 2 aliphatic heterocycles. The number of anilines is 1. The molecule has 112 valence electrons. The van der Waals surface area contributed by atoms with E-state index in [0.717, 1.165) is 12.8 Å². The van der Waals surface area contributed by atoms with Crippen LogP contribution in [0.4, 0.5) is 10.1 Å². The first-order valence-corrected chi connectivity index (χ1v) is 7.52. The molecule has 1 aromatic rings. The Balaban J connectivity index is 1.97. The monoisotopic (exact) mass is 310 g/mol. The van der Waals surface area contributed by atoms with Crippen LogP contribution in [0.15, 0.2) is 18.2 Å². The van der Waals surface area contributed by atoms with Gasteiger partial charge < -0.3 is 9.80 Å². The minimum absolute atomic E-state index is 0.0172. The number of rotatable bonds is 1. The van der Waals surface area contributed by atoms with Crippen LogP contribution in [0.2, 0.25) is 5.02 Å². The van der Waals surface area contributed by atoms with Gasteiger partial charge in [-0.3, -0.25) is 9.59 Å². The second kappa shape index (κ2) is 5.64. The lowest BCUT2D eigenvalue weighted by atomic mass is 10.0. The van der Waals surface area contributed by atoms with Gasteiger partial charge in [0.05, 0.1) is 10.7 Å². The van der Waals surface area contributed by atoms with Crippen molar-refractivity contribution in [2.24, 2.45) is 0 Å². The SMILES string of the molecule is O=C1C2CCCCN2C(=O)CCN1c1cccc(Cl)c1F. The number of hydrogen-bond acceptors (Lipinski definition) is 2. The summed E-state index contributed by atoms with van der Waals surface area (Å²) in [5.74, 6) is -0.844. The van der Waals surface area contributed by atoms with Crippen LogP contribution in [0.1, 0.15) is 25.7 Å². The molecule has 6 heteroatoms. The number of carbonyl (C=O) groups excluding carboxylic acids is 2. The third-order valence-electron chi connectivity index (χ3n) is 4.15. The van der Waals surface area contributed by atoms with Gasteiger partial charge in [0.25, 0.3) is 0 Å². The van der Waals surface area contributed by atoms with E-state index >= 15 is 0 Å². The van der Waals surface area contributed by atoms with Crippen molar-refractivity contribution in [2.75, 3.05) is 18.0 Å². The molecule has 4 nitrogen and oxygen atoms in total. The summed E-state index contributed by atoms with van der Waals surface area (Å²) in [5, 5.41) is -0.0172. The third kappa shape index (κ3) is 2.50. The van der Waals surface area contributed by atoms with Gasteiger partial charge in [-0.2, -0.15) is 0 Å². The fraction of sp³-hybridized carbons (Fsp3) is 0.467. The fourth-order valence-electron chi connectivity index (χ4n) is 3.07. The first-order chi connectivity index (χ1) is 10.1. The number of carbonyl (C=O) groups is 2. The van der Waals surface area contributed by atoms with E-state index in [9.17, 15) is 14.0 Å². The lowest BCUT2D eigenvalue weighted by Crippen LogP contribution is -2.50. The number of nitrogens with zero attached hydrogens (tertiary/aromatic N) is 2. The number of benzene rings is 1. The largest absolute Gasteiger partial charge is 0.331 e. The molecule has 2 saturated heterocycles. The molecule has 3 rings (SSSR count). The number of fused-ring (bicyclic) bond motifs is 1. The maximum Gasteiger partial charge on any atom is 0.249 e. The molecule has 2 amide bonds. The van der Waals surface area contributed by atoms with E-state index in [1.54, 1.807) is 11.0 Å². The van der Waals surface area contributed by atoms with Gasteiger partial charge >= 0.3 is 0 Å². The van der Waals surface area contributed by atoms with Crippen molar-refractivity contribution >= 4 is 29.1 Å². The van der Waals surface area contributed by atoms with Gasteiger partial charge in [-0.15, -0.1) is 0 Å². The molecular weight excluding hydrogens is 295 g/mol. The molecule has 0 aliphatic carbocycles. The summed E-state index contributed by atoms with van der Waals surface area (Å²) in [6, 6.07) is 4.12. The first-order valence-electron chi connectivity index (χ1n) is 7.14. The van der Waals surface area contributed by atoms with Crippen molar-refractivity contribution in [3.05, 3.63) is 29.0 Å². The van der Waals surface area contributed by atoms with Crippen molar-refractivity contribution in [2.45, 2.75) is 31.7 Å². The summed E-state index contributed by atoms with van der Waals surface area (Å²) >= 11 is 5.80. The summed E-state index contributed by atoms with van der Waals surface area (Å²) in [7, 11) is 0. The second-order valence-corrected chi connectivity index (χ2v) is 5.82. The molecule has 1 unspecified atom stereocenters. The Morgan fingerprint density at radius 1 is 1.19 bits per heavy atom. The van der Waals surface area contributed by atoms with E-state index < -0.39 is 11.9 Å². The van der Waals surface area contributed by atoms with Crippen molar-refractivity contribution in [1.82, 2.24) is 4.90 Å². The highest BCUT2D eigenvalue weighted by Crippen LogP contribution is 2.30. The summed E-state index contributed by atoms with van der Waals surface area (Å²) in [5.41, 5.74) is 0.160. The molecule has 0 radical (unpaired) electrons. The fourth-order valence-corrected chi connectivity index (χ4v) is 3.24. The van der Waals surface area contributed by atoms with Gasteiger partial charge in [-0.05, 0) is 31.4 Å². The van der Waals surface area contributed by atoms with Crippen LogP contribution in [0, 0.1) is 5.82 Å². The predicted octanol–water partition coefficient (Wildman–Crippen LogP) is 2.60. The lowest BCUT2D eigenvalue weighted by molar-refractivity contribution is -0.139. The van der Waals surface area contributed by atoms with Crippen molar-refractivity contribution < 1.29 is 14.0 Å². The Bertz CT molecular complexity index is 593. The zero-order valence-corrected chi connectivity index (χ0v) is 12.3. The lowest BCUT2D eigenvalue weighted by Gasteiger charge is -2.34. The van der Waals surface area contributed by atoms with Crippen molar-refractivity contribution in [3.63, 3.8) is 0 Å². The highest BCUT2D eigenvalue weighted by molar-refractivity contribution is 6.31. The van der Waals surface area contributed by atoms with Gasteiger partial charge in [0.2, 0.25) is 11.8 Å². The maximum atomic E-state index is 14.2. The second-order valence-electron chi connectivity index (χ2n) is 5.41.